The molecule has 0 bridgehead atoms. The Balaban J connectivity index is 1.80. The quantitative estimate of drug-likeness (QED) is 0.757. The van der Waals surface area contributed by atoms with E-state index in [1.54, 1.807) is 7.11 Å². The molecule has 3 unspecified atom stereocenters. The van der Waals surface area contributed by atoms with Gasteiger partial charge in [-0.1, -0.05) is 26.8 Å². The second-order valence-corrected chi connectivity index (χ2v) is 8.52. The van der Waals surface area contributed by atoms with E-state index in [9.17, 15) is 4.79 Å². The number of hydrogen-bond acceptors (Lipinski definition) is 2. The van der Waals surface area contributed by atoms with Crippen LogP contribution < -0.4 is 4.74 Å². The van der Waals surface area contributed by atoms with E-state index < -0.39 is 0 Å². The predicted molar refractivity (Wildman–Crippen MR) is 91.7 cm³/mol. The number of ether oxygens (including phenoxy) is 1. The van der Waals surface area contributed by atoms with Crippen LogP contribution in [0.3, 0.4) is 0 Å². The molecule has 2 fully saturated rings. The van der Waals surface area contributed by atoms with E-state index in [1.807, 2.05) is 0 Å². The van der Waals surface area contributed by atoms with E-state index in [-0.39, 0.29) is 5.41 Å². The minimum Gasteiger partial charge on any atom is -0.497 e. The Bertz CT molecular complexity index is 649. The Morgan fingerprint density at radius 1 is 1.22 bits per heavy atom. The molecule has 0 radical (unpaired) electrons. The van der Waals surface area contributed by atoms with Gasteiger partial charge >= 0.3 is 0 Å². The van der Waals surface area contributed by atoms with E-state index in [0.29, 0.717) is 35.4 Å². The monoisotopic (exact) mass is 312 g/mol. The molecule has 0 N–H and O–H groups in total. The van der Waals surface area contributed by atoms with E-state index in [2.05, 4.69) is 39.0 Å². The van der Waals surface area contributed by atoms with E-state index in [0.717, 1.165) is 31.4 Å². The molecule has 0 spiro atoms. The average molecular weight is 312 g/mol. The Kier molecular flexibility index (Phi) is 3.37. The summed E-state index contributed by atoms with van der Waals surface area (Å²) in [6.07, 6.45) is 4.11. The third kappa shape index (κ3) is 2.03. The van der Waals surface area contributed by atoms with Gasteiger partial charge in [-0.3, -0.25) is 4.79 Å². The van der Waals surface area contributed by atoms with Crippen molar-refractivity contribution in [1.29, 1.82) is 0 Å². The molecule has 124 valence electrons. The van der Waals surface area contributed by atoms with E-state index in [1.165, 1.54) is 11.1 Å². The Morgan fingerprint density at radius 2 is 2.00 bits per heavy atom. The van der Waals surface area contributed by atoms with Crippen molar-refractivity contribution in [3.8, 4) is 5.75 Å². The van der Waals surface area contributed by atoms with Crippen LogP contribution in [0.25, 0.3) is 0 Å². The minimum atomic E-state index is -0.0567. The molecule has 3 aliphatic rings. The van der Waals surface area contributed by atoms with Crippen LogP contribution in [0.15, 0.2) is 18.2 Å². The molecule has 1 aromatic carbocycles. The molecule has 2 saturated carbocycles. The summed E-state index contributed by atoms with van der Waals surface area (Å²) in [6.45, 7) is 7.04. The van der Waals surface area contributed by atoms with Gasteiger partial charge in [0.25, 0.3) is 0 Å². The van der Waals surface area contributed by atoms with Crippen LogP contribution in [0.4, 0.5) is 0 Å². The zero-order chi connectivity index (χ0) is 16.4. The molecule has 0 saturated heterocycles. The summed E-state index contributed by atoms with van der Waals surface area (Å²) >= 11 is 0. The molecule has 23 heavy (non-hydrogen) atoms. The van der Waals surface area contributed by atoms with Crippen LogP contribution in [0.1, 0.15) is 57.1 Å². The highest BCUT2D eigenvalue weighted by molar-refractivity contribution is 5.87. The summed E-state index contributed by atoms with van der Waals surface area (Å²) in [5.41, 5.74) is 2.94. The van der Waals surface area contributed by atoms with Crippen molar-refractivity contribution in [3.05, 3.63) is 29.3 Å². The first kappa shape index (κ1) is 15.2. The number of benzene rings is 1. The van der Waals surface area contributed by atoms with Crippen LogP contribution in [-0.4, -0.2) is 12.9 Å². The SMILES string of the molecule is COc1ccc2c(c1)C[C@@H](C)C1C2[C@@H](C)C[C@]2(C)C(=O)CCC12. The lowest BCUT2D eigenvalue weighted by Gasteiger charge is -2.53. The van der Waals surface area contributed by atoms with Crippen molar-refractivity contribution in [3.63, 3.8) is 0 Å². The molecule has 4 rings (SSSR count). The lowest BCUT2D eigenvalue weighted by Crippen LogP contribution is -2.48. The smallest absolute Gasteiger partial charge is 0.139 e. The fourth-order valence-corrected chi connectivity index (χ4v) is 6.36. The minimum absolute atomic E-state index is 0.0567. The molecular formula is C21H28O2. The molecule has 0 amide bonds. The molecule has 3 aliphatic carbocycles. The van der Waals surface area contributed by atoms with Gasteiger partial charge in [0.15, 0.2) is 0 Å². The first-order valence-corrected chi connectivity index (χ1v) is 9.16. The van der Waals surface area contributed by atoms with E-state index >= 15 is 0 Å². The van der Waals surface area contributed by atoms with Crippen molar-refractivity contribution in [2.24, 2.45) is 29.1 Å². The summed E-state index contributed by atoms with van der Waals surface area (Å²) < 4.78 is 5.43. The van der Waals surface area contributed by atoms with Crippen LogP contribution in [0.5, 0.6) is 5.75 Å². The summed E-state index contributed by atoms with van der Waals surface area (Å²) in [4.78, 5) is 12.6. The van der Waals surface area contributed by atoms with Gasteiger partial charge in [-0.25, -0.2) is 0 Å². The van der Waals surface area contributed by atoms with Crippen molar-refractivity contribution in [2.75, 3.05) is 7.11 Å². The molecule has 1 aromatic rings. The maximum absolute atomic E-state index is 12.6. The van der Waals surface area contributed by atoms with Crippen molar-refractivity contribution in [2.45, 2.75) is 52.4 Å². The number of carbonyl (C=O) groups is 1. The Labute approximate surface area is 139 Å². The van der Waals surface area contributed by atoms with Crippen molar-refractivity contribution < 1.29 is 9.53 Å². The first-order chi connectivity index (χ1) is 11.0. The summed E-state index contributed by atoms with van der Waals surface area (Å²) in [7, 11) is 1.75. The topological polar surface area (TPSA) is 26.3 Å². The van der Waals surface area contributed by atoms with Crippen LogP contribution in [0, 0.1) is 29.1 Å². The second-order valence-electron chi connectivity index (χ2n) is 8.52. The molecule has 0 aromatic heterocycles. The van der Waals surface area contributed by atoms with Gasteiger partial charge in [-0.2, -0.15) is 0 Å². The summed E-state index contributed by atoms with van der Waals surface area (Å²) in [6, 6.07) is 6.65. The molecule has 0 heterocycles. The van der Waals surface area contributed by atoms with Crippen LogP contribution in [0.2, 0.25) is 0 Å². The van der Waals surface area contributed by atoms with Gasteiger partial charge in [0.2, 0.25) is 0 Å². The maximum atomic E-state index is 12.6. The molecule has 2 heteroatoms. The lowest BCUT2D eigenvalue weighted by molar-refractivity contribution is -0.131. The highest BCUT2D eigenvalue weighted by Gasteiger charge is 2.58. The molecule has 0 aliphatic heterocycles. The number of ketones is 1. The maximum Gasteiger partial charge on any atom is 0.139 e. The predicted octanol–water partition coefficient (Wildman–Crippen LogP) is 4.61. The zero-order valence-electron chi connectivity index (χ0n) is 14.8. The fraction of sp³-hybridized carbons (Fsp3) is 0.667. The van der Waals surface area contributed by atoms with Crippen LogP contribution in [-0.2, 0) is 11.2 Å². The highest BCUT2D eigenvalue weighted by Crippen LogP contribution is 2.62. The largest absolute Gasteiger partial charge is 0.497 e. The molecule has 6 atom stereocenters. The Morgan fingerprint density at radius 3 is 2.74 bits per heavy atom. The average Bonchev–Trinajstić information content (AvgIpc) is 2.81. The van der Waals surface area contributed by atoms with E-state index in [4.69, 9.17) is 4.74 Å². The second kappa shape index (κ2) is 5.09. The van der Waals surface area contributed by atoms with Crippen LogP contribution >= 0.6 is 0 Å². The van der Waals surface area contributed by atoms with Gasteiger partial charge in [-0.15, -0.1) is 0 Å². The van der Waals surface area contributed by atoms with Gasteiger partial charge in [-0.05, 0) is 72.1 Å². The summed E-state index contributed by atoms with van der Waals surface area (Å²) in [5.74, 6) is 4.59. The number of carbonyl (C=O) groups excluding carboxylic acids is 1. The van der Waals surface area contributed by atoms with Gasteiger partial charge < -0.3 is 4.74 Å². The zero-order valence-corrected chi connectivity index (χ0v) is 14.8. The normalized spacial score (nSPS) is 41.9. The van der Waals surface area contributed by atoms with Gasteiger partial charge in [0.1, 0.15) is 11.5 Å². The number of fused-ring (bicyclic) bond motifs is 5. The highest BCUT2D eigenvalue weighted by atomic mass is 16.5. The number of Topliss-reactive ketones (excluding diaryl/α,β-unsaturated/α-hetero) is 1. The molecule has 2 nitrogen and oxygen atoms in total. The van der Waals surface area contributed by atoms with Gasteiger partial charge in [0.05, 0.1) is 7.11 Å². The standard InChI is InChI=1S/C21H28O2/c1-12-9-14-10-15(23-4)5-6-16(14)19-13(2)11-21(3)17(20(12)19)7-8-18(21)22/h5-6,10,12-13,17,19-20H,7-9,11H2,1-4H3/t12-,13+,17?,19?,20?,21+/m1/s1. The summed E-state index contributed by atoms with van der Waals surface area (Å²) in [5, 5.41) is 0. The van der Waals surface area contributed by atoms with Crippen molar-refractivity contribution >= 4 is 5.78 Å². The number of methoxy groups -OCH3 is 1. The van der Waals surface area contributed by atoms with Gasteiger partial charge in [0, 0.05) is 11.8 Å². The third-order valence-corrected chi connectivity index (χ3v) is 7.28. The number of rotatable bonds is 1. The number of hydrogen-bond donors (Lipinski definition) is 0. The lowest BCUT2D eigenvalue weighted by atomic mass is 9.50. The van der Waals surface area contributed by atoms with Crippen molar-refractivity contribution in [1.82, 2.24) is 0 Å². The fourth-order valence-electron chi connectivity index (χ4n) is 6.36. The molecular weight excluding hydrogens is 284 g/mol. The third-order valence-electron chi connectivity index (χ3n) is 7.28. The first-order valence-electron chi connectivity index (χ1n) is 9.16. The Hall–Kier alpha value is -1.31.